The lowest BCUT2D eigenvalue weighted by atomic mass is 9.86. The highest BCUT2D eigenvalue weighted by molar-refractivity contribution is 14.0. The Morgan fingerprint density at radius 3 is 2.77 bits per heavy atom. The molecule has 2 aliphatic heterocycles. The molecule has 2 aromatic rings. The van der Waals surface area contributed by atoms with E-state index in [-0.39, 0.29) is 24.0 Å². The number of guanidine groups is 1. The topological polar surface area (TPSA) is 87.3 Å². The summed E-state index contributed by atoms with van der Waals surface area (Å²) in [6.07, 6.45) is 1.75. The molecule has 2 aromatic carbocycles. The van der Waals surface area contributed by atoms with Gasteiger partial charge in [0.1, 0.15) is 5.60 Å². The Balaban J connectivity index is 0.00000256. The van der Waals surface area contributed by atoms with Gasteiger partial charge in [-0.25, -0.2) is 4.99 Å². The first-order valence-corrected chi connectivity index (χ1v) is 9.88. The van der Waals surface area contributed by atoms with Crippen LogP contribution in [0.15, 0.2) is 47.5 Å². The number of methoxy groups -OCH3 is 1. The van der Waals surface area contributed by atoms with E-state index in [0.717, 1.165) is 29.8 Å². The molecule has 30 heavy (non-hydrogen) atoms. The average molecular weight is 525 g/mol. The van der Waals surface area contributed by atoms with E-state index in [1.165, 1.54) is 5.56 Å². The van der Waals surface area contributed by atoms with Gasteiger partial charge in [0.15, 0.2) is 17.5 Å². The highest BCUT2D eigenvalue weighted by Crippen LogP contribution is 2.34. The Hall–Kier alpha value is -2.04. The van der Waals surface area contributed by atoms with Crippen LogP contribution >= 0.6 is 24.0 Å². The molecule has 8 heteroatoms. The number of benzene rings is 2. The van der Waals surface area contributed by atoms with E-state index in [0.29, 0.717) is 44.7 Å². The molecular weight excluding hydrogens is 497 g/mol. The number of ether oxygens (including phenoxy) is 4. The van der Waals surface area contributed by atoms with Crippen LogP contribution in [0, 0.1) is 0 Å². The van der Waals surface area contributed by atoms with Gasteiger partial charge in [0.25, 0.3) is 0 Å². The maximum atomic E-state index is 6.18. The van der Waals surface area contributed by atoms with Gasteiger partial charge >= 0.3 is 0 Å². The molecule has 0 saturated carbocycles. The number of nitrogens with one attached hydrogen (secondary N) is 1. The summed E-state index contributed by atoms with van der Waals surface area (Å²) in [5, 5.41) is 3.13. The highest BCUT2D eigenvalue weighted by Gasteiger charge is 2.38. The van der Waals surface area contributed by atoms with E-state index >= 15 is 0 Å². The van der Waals surface area contributed by atoms with Gasteiger partial charge in [-0.2, -0.15) is 0 Å². The fraction of sp³-hybridized carbons (Fsp3) is 0.409. The number of halogens is 1. The SMILES string of the molecule is COCC1(CN=C(N)Nc2ccc3c(c2)OCCCO3)OCCc2ccccc21.I. The van der Waals surface area contributed by atoms with Crippen molar-refractivity contribution in [3.8, 4) is 11.5 Å². The third-order valence-corrected chi connectivity index (χ3v) is 5.16. The van der Waals surface area contributed by atoms with Gasteiger partial charge in [-0.3, -0.25) is 0 Å². The second-order valence-electron chi connectivity index (χ2n) is 7.22. The van der Waals surface area contributed by atoms with E-state index in [1.54, 1.807) is 7.11 Å². The van der Waals surface area contributed by atoms with E-state index in [1.807, 2.05) is 30.3 Å². The van der Waals surface area contributed by atoms with Gasteiger partial charge in [-0.1, -0.05) is 24.3 Å². The molecule has 0 aliphatic carbocycles. The van der Waals surface area contributed by atoms with Crippen LogP contribution < -0.4 is 20.5 Å². The third-order valence-electron chi connectivity index (χ3n) is 5.16. The summed E-state index contributed by atoms with van der Waals surface area (Å²) in [5.41, 5.74) is 8.71. The van der Waals surface area contributed by atoms with Gasteiger partial charge in [0.2, 0.25) is 0 Å². The van der Waals surface area contributed by atoms with Crippen molar-refractivity contribution < 1.29 is 18.9 Å². The van der Waals surface area contributed by atoms with E-state index < -0.39 is 5.60 Å². The van der Waals surface area contributed by atoms with Crippen LogP contribution in [0.5, 0.6) is 11.5 Å². The van der Waals surface area contributed by atoms with Gasteiger partial charge in [0, 0.05) is 25.3 Å². The first kappa shape index (κ1) is 22.6. The Morgan fingerprint density at radius 2 is 1.93 bits per heavy atom. The summed E-state index contributed by atoms with van der Waals surface area (Å²) in [4.78, 5) is 4.57. The van der Waals surface area contributed by atoms with Gasteiger partial charge in [-0.05, 0) is 29.7 Å². The van der Waals surface area contributed by atoms with Crippen LogP contribution in [0.3, 0.4) is 0 Å². The predicted molar refractivity (Wildman–Crippen MR) is 127 cm³/mol. The molecule has 2 aliphatic rings. The van der Waals surface area contributed by atoms with Crippen molar-refractivity contribution in [1.82, 2.24) is 0 Å². The summed E-state index contributed by atoms with van der Waals surface area (Å²) in [6.45, 7) is 2.69. The average Bonchev–Trinajstić information content (AvgIpc) is 2.98. The molecule has 0 radical (unpaired) electrons. The zero-order chi connectivity index (χ0) is 20.1. The Morgan fingerprint density at radius 1 is 1.13 bits per heavy atom. The summed E-state index contributed by atoms with van der Waals surface area (Å²) >= 11 is 0. The van der Waals surface area contributed by atoms with Crippen LogP contribution in [-0.2, 0) is 21.5 Å². The van der Waals surface area contributed by atoms with E-state index in [2.05, 4.69) is 22.4 Å². The van der Waals surface area contributed by atoms with Gasteiger partial charge < -0.3 is 30.0 Å². The van der Waals surface area contributed by atoms with Crippen LogP contribution in [0.25, 0.3) is 0 Å². The van der Waals surface area contributed by atoms with Crippen molar-refractivity contribution in [2.75, 3.05) is 45.4 Å². The first-order chi connectivity index (χ1) is 14.2. The molecule has 1 unspecified atom stereocenters. The van der Waals surface area contributed by atoms with Crippen molar-refractivity contribution in [2.24, 2.45) is 10.7 Å². The summed E-state index contributed by atoms with van der Waals surface area (Å²) in [7, 11) is 1.67. The second kappa shape index (κ2) is 10.3. The zero-order valence-corrected chi connectivity index (χ0v) is 19.4. The molecule has 0 bridgehead atoms. The standard InChI is InChI=1S/C22H27N3O4.HI/c1-26-15-22(18-6-3-2-5-16(18)9-12-29-22)14-24-21(23)25-17-7-8-19-20(13-17)28-11-4-10-27-19;/h2-3,5-8,13H,4,9-12,14-15H2,1H3,(H3,23,24,25);1H. The van der Waals surface area contributed by atoms with Crippen molar-refractivity contribution in [1.29, 1.82) is 0 Å². The van der Waals surface area contributed by atoms with Crippen LogP contribution in [-0.4, -0.2) is 46.0 Å². The molecule has 4 rings (SSSR count). The van der Waals surface area contributed by atoms with Gasteiger partial charge in [0.05, 0.1) is 33.0 Å². The van der Waals surface area contributed by atoms with Crippen molar-refractivity contribution >= 4 is 35.6 Å². The molecule has 0 aromatic heterocycles. The Bertz CT molecular complexity index is 892. The highest BCUT2D eigenvalue weighted by atomic mass is 127. The number of hydrogen-bond donors (Lipinski definition) is 2. The predicted octanol–water partition coefficient (Wildman–Crippen LogP) is 3.31. The molecule has 0 saturated heterocycles. The van der Waals surface area contributed by atoms with Crippen molar-refractivity contribution in [3.63, 3.8) is 0 Å². The maximum absolute atomic E-state index is 6.18. The van der Waals surface area contributed by atoms with Crippen LogP contribution in [0.2, 0.25) is 0 Å². The quantitative estimate of drug-likeness (QED) is 0.354. The minimum Gasteiger partial charge on any atom is -0.490 e. The normalized spacial score (nSPS) is 20.5. The zero-order valence-electron chi connectivity index (χ0n) is 17.1. The lowest BCUT2D eigenvalue weighted by molar-refractivity contribution is -0.0959. The number of anilines is 1. The van der Waals surface area contributed by atoms with Crippen molar-refractivity contribution in [3.05, 3.63) is 53.6 Å². The molecule has 0 amide bonds. The smallest absolute Gasteiger partial charge is 0.193 e. The van der Waals surface area contributed by atoms with E-state index in [9.17, 15) is 0 Å². The van der Waals surface area contributed by atoms with E-state index in [4.69, 9.17) is 24.7 Å². The fourth-order valence-electron chi connectivity index (χ4n) is 3.79. The molecule has 1 atom stereocenters. The first-order valence-electron chi connectivity index (χ1n) is 9.88. The molecule has 0 fully saturated rings. The molecule has 2 heterocycles. The monoisotopic (exact) mass is 525 g/mol. The third kappa shape index (κ3) is 4.98. The summed E-state index contributed by atoms with van der Waals surface area (Å²) in [5.74, 6) is 1.76. The largest absolute Gasteiger partial charge is 0.490 e. The second-order valence-corrected chi connectivity index (χ2v) is 7.22. The lowest BCUT2D eigenvalue weighted by Gasteiger charge is -2.37. The number of nitrogens with two attached hydrogens (primary N) is 1. The number of fused-ring (bicyclic) bond motifs is 2. The minimum atomic E-state index is -0.638. The lowest BCUT2D eigenvalue weighted by Crippen LogP contribution is -2.43. The fourth-order valence-corrected chi connectivity index (χ4v) is 3.79. The number of rotatable bonds is 5. The van der Waals surface area contributed by atoms with Crippen molar-refractivity contribution in [2.45, 2.75) is 18.4 Å². The molecule has 162 valence electrons. The van der Waals surface area contributed by atoms with Gasteiger partial charge in [-0.15, -0.1) is 24.0 Å². The summed E-state index contributed by atoms with van der Waals surface area (Å²) < 4.78 is 23.0. The van der Waals surface area contributed by atoms with Crippen LogP contribution in [0.4, 0.5) is 5.69 Å². The molecule has 7 nitrogen and oxygen atoms in total. The number of hydrogen-bond acceptors (Lipinski definition) is 5. The number of nitrogens with zero attached hydrogens (tertiary/aromatic N) is 1. The number of aliphatic imine (C=N–C) groups is 1. The maximum Gasteiger partial charge on any atom is 0.193 e. The summed E-state index contributed by atoms with van der Waals surface area (Å²) in [6, 6.07) is 13.9. The molecule has 0 spiro atoms. The Kier molecular flexibility index (Phi) is 7.79. The molecule has 3 N–H and O–H groups in total. The van der Waals surface area contributed by atoms with Crippen LogP contribution in [0.1, 0.15) is 17.5 Å². The minimum absolute atomic E-state index is 0. The molecular formula is C22H28IN3O4. The Labute approximate surface area is 194 Å².